The number of fused-ring (bicyclic) bond motifs is 1. The lowest BCUT2D eigenvalue weighted by Crippen LogP contribution is -2.55. The van der Waals surface area contributed by atoms with Gasteiger partial charge in [-0.25, -0.2) is 9.78 Å². The van der Waals surface area contributed by atoms with Crippen molar-refractivity contribution in [1.82, 2.24) is 15.2 Å². The van der Waals surface area contributed by atoms with Crippen LogP contribution >= 0.6 is 0 Å². The fourth-order valence-corrected chi connectivity index (χ4v) is 3.63. The summed E-state index contributed by atoms with van der Waals surface area (Å²) in [5, 5.41) is 3.13. The van der Waals surface area contributed by atoms with E-state index >= 15 is 0 Å². The molecule has 1 aromatic carbocycles. The Morgan fingerprint density at radius 3 is 2.77 bits per heavy atom. The smallest absolute Gasteiger partial charge is 0.317 e. The summed E-state index contributed by atoms with van der Waals surface area (Å²) in [6, 6.07) is 12.1. The highest BCUT2D eigenvalue weighted by Gasteiger charge is 2.26. The molecule has 1 fully saturated rings. The summed E-state index contributed by atoms with van der Waals surface area (Å²) in [5.41, 5.74) is 2.32. The summed E-state index contributed by atoms with van der Waals surface area (Å²) in [4.78, 5) is 21.1. The molecule has 2 amide bonds. The van der Waals surface area contributed by atoms with Crippen LogP contribution in [0.4, 0.5) is 10.6 Å². The molecule has 1 atom stereocenters. The molecule has 136 valence electrons. The maximum absolute atomic E-state index is 12.6. The topological polar surface area (TPSA) is 57.7 Å². The lowest BCUT2D eigenvalue weighted by atomic mass is 10.00. The van der Waals surface area contributed by atoms with Crippen LogP contribution in [0.5, 0.6) is 5.75 Å². The van der Waals surface area contributed by atoms with Crippen LogP contribution < -0.4 is 15.0 Å². The molecule has 0 spiro atoms. The van der Waals surface area contributed by atoms with Gasteiger partial charge in [0.15, 0.2) is 0 Å². The van der Waals surface area contributed by atoms with Crippen LogP contribution in [0.3, 0.4) is 0 Å². The van der Waals surface area contributed by atoms with E-state index < -0.39 is 0 Å². The number of aryl methyl sites for hydroxylation is 1. The number of urea groups is 1. The lowest BCUT2D eigenvalue weighted by molar-refractivity contribution is 0.177. The van der Waals surface area contributed by atoms with Gasteiger partial charge in [-0.15, -0.1) is 0 Å². The number of carbonyl (C=O) groups is 1. The second-order valence-electron chi connectivity index (χ2n) is 6.89. The SMILES string of the molecule is Cc1cccc2c1OCC(NC(=O)N1CCN(c3ccccn3)CC1)C2. The van der Waals surface area contributed by atoms with Gasteiger partial charge in [-0.1, -0.05) is 24.3 Å². The molecular formula is C20H24N4O2. The molecule has 1 unspecified atom stereocenters. The molecule has 3 heterocycles. The second kappa shape index (κ2) is 7.23. The molecule has 0 bridgehead atoms. The van der Waals surface area contributed by atoms with Crippen LogP contribution in [0.1, 0.15) is 11.1 Å². The van der Waals surface area contributed by atoms with Crippen LogP contribution in [0.2, 0.25) is 0 Å². The highest BCUT2D eigenvalue weighted by atomic mass is 16.5. The van der Waals surface area contributed by atoms with Crippen molar-refractivity contribution >= 4 is 11.8 Å². The molecule has 4 rings (SSSR count). The van der Waals surface area contributed by atoms with E-state index in [1.165, 1.54) is 5.56 Å². The van der Waals surface area contributed by atoms with Gasteiger partial charge in [0.1, 0.15) is 18.2 Å². The largest absolute Gasteiger partial charge is 0.491 e. The van der Waals surface area contributed by atoms with Crippen molar-refractivity contribution in [3.8, 4) is 5.75 Å². The van der Waals surface area contributed by atoms with Crippen molar-refractivity contribution in [2.24, 2.45) is 0 Å². The Kier molecular flexibility index (Phi) is 4.65. The van der Waals surface area contributed by atoms with Gasteiger partial charge in [-0.05, 0) is 36.6 Å². The molecule has 26 heavy (non-hydrogen) atoms. The molecule has 1 N–H and O–H groups in total. The third kappa shape index (κ3) is 3.45. The van der Waals surface area contributed by atoms with Crippen molar-refractivity contribution in [3.05, 3.63) is 53.7 Å². The number of nitrogens with one attached hydrogen (secondary N) is 1. The Balaban J connectivity index is 1.31. The number of carbonyl (C=O) groups excluding carboxylic acids is 1. The molecular weight excluding hydrogens is 328 g/mol. The van der Waals surface area contributed by atoms with Gasteiger partial charge < -0.3 is 19.9 Å². The number of para-hydroxylation sites is 1. The predicted octanol–water partition coefficient (Wildman–Crippen LogP) is 2.23. The maximum Gasteiger partial charge on any atom is 0.317 e. The third-order valence-corrected chi connectivity index (χ3v) is 5.06. The molecule has 2 aromatic rings. The van der Waals surface area contributed by atoms with Gasteiger partial charge >= 0.3 is 6.03 Å². The number of benzene rings is 1. The van der Waals surface area contributed by atoms with E-state index in [0.717, 1.165) is 36.6 Å². The average Bonchev–Trinajstić information content (AvgIpc) is 2.69. The van der Waals surface area contributed by atoms with Crippen LogP contribution in [0.25, 0.3) is 0 Å². The zero-order valence-electron chi connectivity index (χ0n) is 15.0. The Morgan fingerprint density at radius 2 is 2.00 bits per heavy atom. The number of hydrogen-bond donors (Lipinski definition) is 1. The van der Waals surface area contributed by atoms with E-state index in [2.05, 4.69) is 34.3 Å². The number of piperazine rings is 1. The Morgan fingerprint density at radius 1 is 1.15 bits per heavy atom. The average molecular weight is 352 g/mol. The van der Waals surface area contributed by atoms with E-state index in [1.54, 1.807) is 6.20 Å². The number of pyridine rings is 1. The standard InChI is InChI=1S/C20H24N4O2/c1-15-5-4-6-16-13-17(14-26-19(15)16)22-20(25)24-11-9-23(10-12-24)18-7-2-3-8-21-18/h2-8,17H,9-14H2,1H3,(H,22,25). The van der Waals surface area contributed by atoms with Crippen LogP contribution in [-0.2, 0) is 6.42 Å². The minimum Gasteiger partial charge on any atom is -0.491 e. The molecule has 6 nitrogen and oxygen atoms in total. The van der Waals surface area contributed by atoms with Crippen molar-refractivity contribution in [2.45, 2.75) is 19.4 Å². The zero-order valence-corrected chi connectivity index (χ0v) is 15.0. The number of hydrogen-bond acceptors (Lipinski definition) is 4. The molecule has 0 radical (unpaired) electrons. The van der Waals surface area contributed by atoms with Crippen LogP contribution in [0.15, 0.2) is 42.6 Å². The number of rotatable bonds is 2. The van der Waals surface area contributed by atoms with Gasteiger partial charge in [0, 0.05) is 32.4 Å². The first-order chi connectivity index (χ1) is 12.7. The van der Waals surface area contributed by atoms with E-state index in [9.17, 15) is 4.79 Å². The summed E-state index contributed by atoms with van der Waals surface area (Å²) in [6.07, 6.45) is 2.62. The first kappa shape index (κ1) is 16.7. The number of aromatic nitrogens is 1. The number of amides is 2. The molecule has 2 aliphatic rings. The monoisotopic (exact) mass is 352 g/mol. The maximum atomic E-state index is 12.6. The van der Waals surface area contributed by atoms with E-state index in [1.807, 2.05) is 29.2 Å². The van der Waals surface area contributed by atoms with E-state index in [-0.39, 0.29) is 12.1 Å². The first-order valence-electron chi connectivity index (χ1n) is 9.13. The fourth-order valence-electron chi connectivity index (χ4n) is 3.63. The predicted molar refractivity (Wildman–Crippen MR) is 101 cm³/mol. The normalized spacial score (nSPS) is 19.5. The van der Waals surface area contributed by atoms with Crippen molar-refractivity contribution < 1.29 is 9.53 Å². The Hall–Kier alpha value is -2.76. The molecule has 1 saturated heterocycles. The number of anilines is 1. The van der Waals surface area contributed by atoms with Crippen molar-refractivity contribution in [1.29, 1.82) is 0 Å². The van der Waals surface area contributed by atoms with Crippen molar-refractivity contribution in [3.63, 3.8) is 0 Å². The molecule has 2 aliphatic heterocycles. The second-order valence-corrected chi connectivity index (χ2v) is 6.89. The Bertz CT molecular complexity index is 773. The molecule has 0 saturated carbocycles. The zero-order chi connectivity index (χ0) is 17.9. The van der Waals surface area contributed by atoms with E-state index in [0.29, 0.717) is 19.7 Å². The molecule has 6 heteroatoms. The minimum atomic E-state index is -0.00428. The summed E-state index contributed by atoms with van der Waals surface area (Å²) in [7, 11) is 0. The van der Waals surface area contributed by atoms with Crippen LogP contribution in [0, 0.1) is 6.92 Å². The number of nitrogens with zero attached hydrogens (tertiary/aromatic N) is 3. The summed E-state index contributed by atoms with van der Waals surface area (Å²) in [5.74, 6) is 1.95. The quantitative estimate of drug-likeness (QED) is 0.900. The van der Waals surface area contributed by atoms with E-state index in [4.69, 9.17) is 4.74 Å². The summed E-state index contributed by atoms with van der Waals surface area (Å²) in [6.45, 7) is 5.58. The molecule has 1 aromatic heterocycles. The highest BCUT2D eigenvalue weighted by molar-refractivity contribution is 5.75. The summed E-state index contributed by atoms with van der Waals surface area (Å²) >= 11 is 0. The molecule has 0 aliphatic carbocycles. The Labute approximate surface area is 153 Å². The number of ether oxygens (including phenoxy) is 1. The minimum absolute atomic E-state index is 0.00428. The van der Waals surface area contributed by atoms with Crippen molar-refractivity contribution in [2.75, 3.05) is 37.7 Å². The fraction of sp³-hybridized carbons (Fsp3) is 0.400. The third-order valence-electron chi connectivity index (χ3n) is 5.06. The summed E-state index contributed by atoms with van der Waals surface area (Å²) < 4.78 is 5.88. The highest BCUT2D eigenvalue weighted by Crippen LogP contribution is 2.28. The van der Waals surface area contributed by atoms with Gasteiger partial charge in [0.05, 0.1) is 6.04 Å². The van der Waals surface area contributed by atoms with Gasteiger partial charge in [-0.3, -0.25) is 0 Å². The lowest BCUT2D eigenvalue weighted by Gasteiger charge is -2.36. The van der Waals surface area contributed by atoms with Gasteiger partial charge in [0.25, 0.3) is 0 Å². The van der Waals surface area contributed by atoms with Gasteiger partial charge in [0.2, 0.25) is 0 Å². The van der Waals surface area contributed by atoms with Gasteiger partial charge in [-0.2, -0.15) is 0 Å². The first-order valence-corrected chi connectivity index (χ1v) is 9.13. The van der Waals surface area contributed by atoms with Crippen LogP contribution in [-0.4, -0.2) is 54.7 Å².